The molecule has 6 heteroatoms. The molecule has 4 nitrogen and oxygen atoms in total. The molecule has 0 atom stereocenters. The molecule has 0 aliphatic heterocycles. The zero-order valence-electron chi connectivity index (χ0n) is 8.70. The van der Waals surface area contributed by atoms with Gasteiger partial charge in [0.2, 0.25) is 0 Å². The molecular formula is C10H11ClN2O2S. The first-order valence-corrected chi connectivity index (χ1v) is 7.18. The Bertz CT molecular complexity index is 619. The number of nitrogens with zero attached hydrogens (tertiary/aromatic N) is 1. The standard InChI is InChI=1S/C10H11ClN2O2S/c1-16(14,15)7-2-3-8-9(6-7)13-10(12-8)4-5-11/h2-3,6H,4-5H2,1H3,(H,12,13). The minimum atomic E-state index is -3.17. The lowest BCUT2D eigenvalue weighted by molar-refractivity contribution is 0.602. The van der Waals surface area contributed by atoms with Crippen molar-refractivity contribution in [1.29, 1.82) is 0 Å². The number of nitrogens with one attached hydrogen (secondary N) is 1. The summed E-state index contributed by atoms with van der Waals surface area (Å²) >= 11 is 5.61. The summed E-state index contributed by atoms with van der Waals surface area (Å²) in [6.45, 7) is 0. The van der Waals surface area contributed by atoms with Crippen LogP contribution in [0.2, 0.25) is 0 Å². The van der Waals surface area contributed by atoms with E-state index < -0.39 is 9.84 Å². The number of alkyl halides is 1. The van der Waals surface area contributed by atoms with E-state index in [1.165, 1.54) is 6.26 Å². The Morgan fingerprint density at radius 2 is 2.19 bits per heavy atom. The predicted molar refractivity (Wildman–Crippen MR) is 63.6 cm³/mol. The smallest absolute Gasteiger partial charge is 0.175 e. The van der Waals surface area contributed by atoms with E-state index >= 15 is 0 Å². The molecule has 0 aliphatic rings. The van der Waals surface area contributed by atoms with Crippen molar-refractivity contribution in [3.05, 3.63) is 24.0 Å². The highest BCUT2D eigenvalue weighted by atomic mass is 35.5. The maximum atomic E-state index is 11.4. The Morgan fingerprint density at radius 3 is 2.81 bits per heavy atom. The van der Waals surface area contributed by atoms with Crippen LogP contribution in [0.3, 0.4) is 0 Å². The quantitative estimate of drug-likeness (QED) is 0.853. The molecule has 1 aromatic carbocycles. The number of halogens is 1. The normalized spacial score (nSPS) is 12.1. The minimum Gasteiger partial charge on any atom is -0.342 e. The highest BCUT2D eigenvalue weighted by Crippen LogP contribution is 2.17. The number of hydrogen-bond acceptors (Lipinski definition) is 3. The van der Waals surface area contributed by atoms with Crippen LogP contribution in [0, 0.1) is 0 Å². The highest BCUT2D eigenvalue weighted by Gasteiger charge is 2.09. The first kappa shape index (κ1) is 11.4. The van der Waals surface area contributed by atoms with Crippen LogP contribution < -0.4 is 0 Å². The van der Waals surface area contributed by atoms with Gasteiger partial charge in [0.25, 0.3) is 0 Å². The summed E-state index contributed by atoms with van der Waals surface area (Å²) in [6.07, 6.45) is 1.83. The molecule has 0 amide bonds. The Morgan fingerprint density at radius 1 is 1.44 bits per heavy atom. The number of imidazole rings is 1. The van der Waals surface area contributed by atoms with Crippen LogP contribution in [0.1, 0.15) is 5.82 Å². The third kappa shape index (κ3) is 2.20. The average molecular weight is 259 g/mol. The zero-order valence-corrected chi connectivity index (χ0v) is 10.3. The molecule has 0 aliphatic carbocycles. The molecule has 1 N–H and O–H groups in total. The van der Waals surface area contributed by atoms with Gasteiger partial charge < -0.3 is 4.98 Å². The lowest BCUT2D eigenvalue weighted by Crippen LogP contribution is -1.96. The zero-order chi connectivity index (χ0) is 11.8. The molecule has 2 aromatic rings. The summed E-state index contributed by atoms with van der Waals surface area (Å²) in [6, 6.07) is 4.85. The minimum absolute atomic E-state index is 0.293. The van der Waals surface area contributed by atoms with Crippen molar-refractivity contribution in [2.75, 3.05) is 12.1 Å². The lowest BCUT2D eigenvalue weighted by atomic mass is 10.3. The molecule has 0 bridgehead atoms. The number of hydrogen-bond donors (Lipinski definition) is 1. The van der Waals surface area contributed by atoms with Gasteiger partial charge in [-0.2, -0.15) is 0 Å². The molecule has 16 heavy (non-hydrogen) atoms. The highest BCUT2D eigenvalue weighted by molar-refractivity contribution is 7.90. The summed E-state index contributed by atoms with van der Waals surface area (Å²) in [5.74, 6) is 1.26. The van der Waals surface area contributed by atoms with Crippen molar-refractivity contribution in [2.24, 2.45) is 0 Å². The monoisotopic (exact) mass is 258 g/mol. The van der Waals surface area contributed by atoms with Crippen LogP contribution in [0.15, 0.2) is 23.1 Å². The molecule has 0 radical (unpaired) electrons. The molecule has 86 valence electrons. The van der Waals surface area contributed by atoms with Gasteiger partial charge in [0.1, 0.15) is 5.82 Å². The molecular weight excluding hydrogens is 248 g/mol. The Labute approximate surface area is 98.6 Å². The summed E-state index contributed by atoms with van der Waals surface area (Å²) < 4.78 is 22.7. The van der Waals surface area contributed by atoms with E-state index in [2.05, 4.69) is 9.97 Å². The SMILES string of the molecule is CS(=O)(=O)c1ccc2nc(CCCl)[nH]c2c1. The summed E-state index contributed by atoms with van der Waals surface area (Å²) in [5, 5.41) is 0. The van der Waals surface area contributed by atoms with Gasteiger partial charge in [-0.15, -0.1) is 11.6 Å². The van der Waals surface area contributed by atoms with Crippen LogP contribution in [0.4, 0.5) is 0 Å². The number of H-pyrrole nitrogens is 1. The first-order chi connectivity index (χ1) is 7.50. The molecule has 0 spiro atoms. The summed E-state index contributed by atoms with van der Waals surface area (Å²) in [4.78, 5) is 7.63. The van der Waals surface area contributed by atoms with E-state index in [0.717, 1.165) is 16.9 Å². The lowest BCUT2D eigenvalue weighted by Gasteiger charge is -1.96. The van der Waals surface area contributed by atoms with E-state index in [9.17, 15) is 8.42 Å². The van der Waals surface area contributed by atoms with Crippen molar-refractivity contribution in [3.63, 3.8) is 0 Å². The van der Waals surface area contributed by atoms with Crippen LogP contribution in [-0.2, 0) is 16.3 Å². The second-order valence-electron chi connectivity index (χ2n) is 3.57. The van der Waals surface area contributed by atoms with Gasteiger partial charge in [-0.05, 0) is 18.2 Å². The number of aromatic nitrogens is 2. The van der Waals surface area contributed by atoms with Gasteiger partial charge in [-0.1, -0.05) is 0 Å². The maximum absolute atomic E-state index is 11.4. The van der Waals surface area contributed by atoms with Crippen molar-refractivity contribution in [3.8, 4) is 0 Å². The number of aryl methyl sites for hydroxylation is 1. The largest absolute Gasteiger partial charge is 0.342 e. The Balaban J connectivity index is 2.54. The second kappa shape index (κ2) is 4.07. The third-order valence-electron chi connectivity index (χ3n) is 2.26. The van der Waals surface area contributed by atoms with Crippen LogP contribution in [0.5, 0.6) is 0 Å². The summed E-state index contributed by atoms with van der Waals surface area (Å²) in [5.41, 5.74) is 1.48. The van der Waals surface area contributed by atoms with Crippen LogP contribution in [0.25, 0.3) is 11.0 Å². The number of rotatable bonds is 3. The number of aromatic amines is 1. The van der Waals surface area contributed by atoms with Gasteiger partial charge >= 0.3 is 0 Å². The maximum Gasteiger partial charge on any atom is 0.175 e. The van der Waals surface area contributed by atoms with Gasteiger partial charge in [0, 0.05) is 18.6 Å². The van der Waals surface area contributed by atoms with E-state index in [4.69, 9.17) is 11.6 Å². The van der Waals surface area contributed by atoms with E-state index in [-0.39, 0.29) is 0 Å². The number of benzene rings is 1. The predicted octanol–water partition coefficient (Wildman–Crippen LogP) is 1.75. The van der Waals surface area contributed by atoms with Crippen molar-refractivity contribution >= 4 is 32.5 Å². The molecule has 0 saturated carbocycles. The van der Waals surface area contributed by atoms with E-state index in [0.29, 0.717) is 17.2 Å². The van der Waals surface area contributed by atoms with Gasteiger partial charge in [-0.25, -0.2) is 13.4 Å². The molecule has 1 heterocycles. The Hall–Kier alpha value is -1.07. The molecule has 0 saturated heterocycles. The first-order valence-electron chi connectivity index (χ1n) is 4.75. The second-order valence-corrected chi connectivity index (χ2v) is 5.97. The van der Waals surface area contributed by atoms with E-state index in [1.54, 1.807) is 18.2 Å². The molecule has 2 rings (SSSR count). The molecule has 0 fully saturated rings. The molecule has 0 unspecified atom stereocenters. The van der Waals surface area contributed by atoms with Crippen molar-refractivity contribution in [2.45, 2.75) is 11.3 Å². The van der Waals surface area contributed by atoms with Gasteiger partial charge in [0.05, 0.1) is 15.9 Å². The molecule has 1 aromatic heterocycles. The fourth-order valence-corrected chi connectivity index (χ4v) is 2.31. The van der Waals surface area contributed by atoms with Gasteiger partial charge in [0.15, 0.2) is 9.84 Å². The number of fused-ring (bicyclic) bond motifs is 1. The van der Waals surface area contributed by atoms with Crippen LogP contribution in [-0.4, -0.2) is 30.5 Å². The van der Waals surface area contributed by atoms with Gasteiger partial charge in [-0.3, -0.25) is 0 Å². The average Bonchev–Trinajstić information content (AvgIpc) is 2.57. The Kier molecular flexibility index (Phi) is 2.90. The fourth-order valence-electron chi connectivity index (χ4n) is 1.48. The van der Waals surface area contributed by atoms with Crippen molar-refractivity contribution < 1.29 is 8.42 Å². The van der Waals surface area contributed by atoms with Crippen LogP contribution >= 0.6 is 11.6 Å². The number of sulfone groups is 1. The fraction of sp³-hybridized carbons (Fsp3) is 0.300. The third-order valence-corrected chi connectivity index (χ3v) is 3.56. The topological polar surface area (TPSA) is 62.8 Å². The van der Waals surface area contributed by atoms with Crippen molar-refractivity contribution in [1.82, 2.24) is 9.97 Å². The summed E-state index contributed by atoms with van der Waals surface area (Å²) in [7, 11) is -3.17. The van der Waals surface area contributed by atoms with E-state index in [1.807, 2.05) is 0 Å².